The molecule has 0 amide bonds. The van der Waals surface area contributed by atoms with Crippen molar-refractivity contribution in [1.29, 1.82) is 0 Å². The molecule has 5 nitrogen and oxygen atoms in total. The smallest absolute Gasteiger partial charge is 0.350 e. The lowest BCUT2D eigenvalue weighted by Crippen LogP contribution is -2.04. The van der Waals surface area contributed by atoms with E-state index < -0.39 is 16.7 Å². The summed E-state index contributed by atoms with van der Waals surface area (Å²) in [7, 11) is 0. The van der Waals surface area contributed by atoms with Gasteiger partial charge in [0.15, 0.2) is 0 Å². The van der Waals surface area contributed by atoms with Crippen molar-refractivity contribution in [2.75, 3.05) is 0 Å². The van der Waals surface area contributed by atoms with E-state index in [0.717, 1.165) is 11.3 Å². The SMILES string of the molecule is O=C(OCc1cccc([N+](=O)[O-])c1)c1sc2cc(F)ccc2c1Cl. The van der Waals surface area contributed by atoms with Gasteiger partial charge in [0.05, 0.1) is 9.95 Å². The predicted molar refractivity (Wildman–Crippen MR) is 89.0 cm³/mol. The minimum atomic E-state index is -0.659. The van der Waals surface area contributed by atoms with Crippen LogP contribution in [0.1, 0.15) is 15.2 Å². The molecule has 0 saturated heterocycles. The normalized spacial score (nSPS) is 10.8. The first-order valence-corrected chi connectivity index (χ1v) is 7.93. The average Bonchev–Trinajstić information content (AvgIpc) is 2.89. The van der Waals surface area contributed by atoms with Crippen LogP contribution in [0.5, 0.6) is 0 Å². The minimum absolute atomic E-state index is 0.0843. The third-order valence-electron chi connectivity index (χ3n) is 3.27. The zero-order valence-corrected chi connectivity index (χ0v) is 13.6. The number of nitrogens with zero attached hydrogens (tertiary/aromatic N) is 1. The zero-order valence-electron chi connectivity index (χ0n) is 12.0. The topological polar surface area (TPSA) is 69.4 Å². The summed E-state index contributed by atoms with van der Waals surface area (Å²) < 4.78 is 18.9. The summed E-state index contributed by atoms with van der Waals surface area (Å²) in [5.74, 6) is -1.08. The molecule has 0 aliphatic heterocycles. The molecule has 0 unspecified atom stereocenters. The monoisotopic (exact) mass is 365 g/mol. The van der Waals surface area contributed by atoms with Crippen LogP contribution in [-0.2, 0) is 11.3 Å². The molecule has 3 aromatic rings. The van der Waals surface area contributed by atoms with E-state index in [1.165, 1.54) is 36.4 Å². The van der Waals surface area contributed by atoms with Crippen molar-refractivity contribution in [2.45, 2.75) is 6.61 Å². The number of carbonyl (C=O) groups is 1. The van der Waals surface area contributed by atoms with Gasteiger partial charge in [0.2, 0.25) is 0 Å². The van der Waals surface area contributed by atoms with Crippen LogP contribution in [0.3, 0.4) is 0 Å². The molecule has 24 heavy (non-hydrogen) atoms. The third kappa shape index (κ3) is 3.22. The number of halogens is 2. The second kappa shape index (κ2) is 6.54. The van der Waals surface area contributed by atoms with Crippen molar-refractivity contribution in [3.63, 3.8) is 0 Å². The molecule has 0 fully saturated rings. The second-order valence-electron chi connectivity index (χ2n) is 4.89. The molecule has 122 valence electrons. The molecular weight excluding hydrogens is 357 g/mol. The van der Waals surface area contributed by atoms with Gasteiger partial charge in [0, 0.05) is 22.2 Å². The van der Waals surface area contributed by atoms with E-state index in [4.69, 9.17) is 16.3 Å². The van der Waals surface area contributed by atoms with E-state index in [0.29, 0.717) is 15.6 Å². The van der Waals surface area contributed by atoms with Gasteiger partial charge in [-0.05, 0) is 23.8 Å². The summed E-state index contributed by atoms with van der Waals surface area (Å²) in [6, 6.07) is 9.86. The highest BCUT2D eigenvalue weighted by molar-refractivity contribution is 7.21. The number of rotatable bonds is 4. The first kappa shape index (κ1) is 16.4. The van der Waals surface area contributed by atoms with Crippen LogP contribution < -0.4 is 0 Å². The molecule has 0 aliphatic carbocycles. The van der Waals surface area contributed by atoms with Crippen molar-refractivity contribution in [1.82, 2.24) is 0 Å². The van der Waals surface area contributed by atoms with E-state index in [1.54, 1.807) is 6.07 Å². The summed E-state index contributed by atoms with van der Waals surface area (Å²) in [6.45, 7) is -0.126. The number of hydrogen-bond acceptors (Lipinski definition) is 5. The molecule has 0 aliphatic rings. The molecule has 0 atom stereocenters. The van der Waals surface area contributed by atoms with Crippen molar-refractivity contribution < 1.29 is 18.8 Å². The van der Waals surface area contributed by atoms with Crippen molar-refractivity contribution in [3.05, 3.63) is 73.9 Å². The average molecular weight is 366 g/mol. The highest BCUT2D eigenvalue weighted by Gasteiger charge is 2.19. The third-order valence-corrected chi connectivity index (χ3v) is 4.91. The number of non-ortho nitro benzene ring substituents is 1. The Morgan fingerprint density at radius 2 is 2.08 bits per heavy atom. The fraction of sp³-hybridized carbons (Fsp3) is 0.0625. The number of benzene rings is 2. The molecule has 0 spiro atoms. The molecule has 0 radical (unpaired) electrons. The molecule has 0 bridgehead atoms. The van der Waals surface area contributed by atoms with Gasteiger partial charge in [-0.25, -0.2) is 9.18 Å². The highest BCUT2D eigenvalue weighted by atomic mass is 35.5. The van der Waals surface area contributed by atoms with E-state index in [-0.39, 0.29) is 22.2 Å². The lowest BCUT2D eigenvalue weighted by molar-refractivity contribution is -0.384. The first-order valence-electron chi connectivity index (χ1n) is 6.73. The lowest BCUT2D eigenvalue weighted by Gasteiger charge is -2.04. The Morgan fingerprint density at radius 3 is 2.83 bits per heavy atom. The molecule has 0 saturated carbocycles. The Balaban J connectivity index is 1.79. The summed E-state index contributed by atoms with van der Waals surface area (Å²) in [4.78, 5) is 22.6. The van der Waals surface area contributed by atoms with Crippen LogP contribution in [0.25, 0.3) is 10.1 Å². The van der Waals surface area contributed by atoms with Gasteiger partial charge in [0.25, 0.3) is 5.69 Å². The number of hydrogen-bond donors (Lipinski definition) is 0. The summed E-state index contributed by atoms with van der Waals surface area (Å²) in [5, 5.41) is 11.5. The first-order chi connectivity index (χ1) is 11.5. The van der Waals surface area contributed by atoms with Gasteiger partial charge in [-0.2, -0.15) is 0 Å². The van der Waals surface area contributed by atoms with Gasteiger partial charge in [-0.1, -0.05) is 23.7 Å². The fourth-order valence-electron chi connectivity index (χ4n) is 2.14. The van der Waals surface area contributed by atoms with Crippen LogP contribution in [0.15, 0.2) is 42.5 Å². The largest absolute Gasteiger partial charge is 0.457 e. The number of esters is 1. The van der Waals surface area contributed by atoms with E-state index in [9.17, 15) is 19.3 Å². The molecule has 0 N–H and O–H groups in total. The highest BCUT2D eigenvalue weighted by Crippen LogP contribution is 2.36. The molecule has 8 heteroatoms. The van der Waals surface area contributed by atoms with Gasteiger partial charge < -0.3 is 4.74 Å². The Labute approximate surface area is 144 Å². The van der Waals surface area contributed by atoms with Crippen LogP contribution in [-0.4, -0.2) is 10.9 Å². The van der Waals surface area contributed by atoms with Crippen LogP contribution in [0.4, 0.5) is 10.1 Å². The Kier molecular flexibility index (Phi) is 4.46. The maximum Gasteiger partial charge on any atom is 0.350 e. The Morgan fingerprint density at radius 1 is 1.29 bits per heavy atom. The number of nitro benzene ring substituents is 1. The number of fused-ring (bicyclic) bond motifs is 1. The molecule has 1 heterocycles. The summed E-state index contributed by atoms with van der Waals surface area (Å²) in [5.41, 5.74) is 0.403. The second-order valence-corrected chi connectivity index (χ2v) is 6.32. The van der Waals surface area contributed by atoms with Crippen molar-refractivity contribution >= 4 is 44.7 Å². The standard InChI is InChI=1S/C16H9ClFNO4S/c17-14-12-5-4-10(18)7-13(12)24-15(14)16(20)23-8-9-2-1-3-11(6-9)19(21)22/h1-7H,8H2. The molecule has 1 aromatic heterocycles. The number of thiophene rings is 1. The van der Waals surface area contributed by atoms with E-state index in [1.807, 2.05) is 0 Å². The van der Waals surface area contributed by atoms with Crippen molar-refractivity contribution in [2.24, 2.45) is 0 Å². The summed E-state index contributed by atoms with van der Waals surface area (Å²) >= 11 is 7.19. The maximum absolute atomic E-state index is 13.2. The fourth-order valence-corrected chi connectivity index (χ4v) is 3.57. The number of nitro groups is 1. The lowest BCUT2D eigenvalue weighted by atomic mass is 10.2. The molecular formula is C16H9ClFNO4S. The van der Waals surface area contributed by atoms with Gasteiger partial charge in [0.1, 0.15) is 17.3 Å². The van der Waals surface area contributed by atoms with Crippen LogP contribution >= 0.6 is 22.9 Å². The van der Waals surface area contributed by atoms with Gasteiger partial charge >= 0.3 is 5.97 Å². The maximum atomic E-state index is 13.2. The predicted octanol–water partition coefficient (Wildman–Crippen LogP) is 4.96. The van der Waals surface area contributed by atoms with E-state index in [2.05, 4.69) is 0 Å². The Hall–Kier alpha value is -2.51. The zero-order chi connectivity index (χ0) is 17.3. The van der Waals surface area contributed by atoms with Gasteiger partial charge in [-0.3, -0.25) is 10.1 Å². The van der Waals surface area contributed by atoms with Crippen molar-refractivity contribution in [3.8, 4) is 0 Å². The molecule has 3 rings (SSSR count). The minimum Gasteiger partial charge on any atom is -0.457 e. The van der Waals surface area contributed by atoms with Gasteiger partial charge in [-0.15, -0.1) is 11.3 Å². The quantitative estimate of drug-likeness (QED) is 0.372. The van der Waals surface area contributed by atoms with E-state index >= 15 is 0 Å². The number of ether oxygens (including phenoxy) is 1. The number of carbonyl (C=O) groups excluding carboxylic acids is 1. The Bertz CT molecular complexity index is 956. The summed E-state index contributed by atoms with van der Waals surface area (Å²) in [6.07, 6.45) is 0. The van der Waals surface area contributed by atoms with Crippen LogP contribution in [0, 0.1) is 15.9 Å². The molecule has 2 aromatic carbocycles. The van der Waals surface area contributed by atoms with Crippen LogP contribution in [0.2, 0.25) is 5.02 Å².